The second kappa shape index (κ2) is 36.4. The standard InChI is InChI=1S/C46H78O17P2/c1-3-5-7-8-9-10-11-12-13-14-15-16-17-18-19-20-22-28-46(53)63-40(36-62-65(57,58)61-34-39(49)33-60-64(54,55)56)35-59-45(52)27-24-23-26-38(48)31-42-41(43(50)32-44(42)51)30-29-37(47)25-21-6-4-2/h5,7,9-10,12-13,15-16,29-30,37,39-44,47,49-51H,3-4,6,8,11,14,17-28,31-36H2,1-2H3,(H,57,58)(H2,54,55,56)/b7-5-,10-9-,13-12-,16-15-,30-29+/t37-,39-,40+,41+,42+,43+,44-/m0/s1. The summed E-state index contributed by atoms with van der Waals surface area (Å²) in [6, 6.07) is 0. The summed E-state index contributed by atoms with van der Waals surface area (Å²) in [4.78, 5) is 65.9. The number of ether oxygens (including phenoxy) is 2. The molecule has 0 aromatic heterocycles. The molecule has 1 fully saturated rings. The van der Waals surface area contributed by atoms with Gasteiger partial charge in [0.2, 0.25) is 0 Å². The average molecular weight is 965 g/mol. The van der Waals surface area contributed by atoms with Crippen LogP contribution in [0, 0.1) is 11.8 Å². The van der Waals surface area contributed by atoms with Gasteiger partial charge in [-0.15, -0.1) is 0 Å². The van der Waals surface area contributed by atoms with E-state index in [9.17, 15) is 48.8 Å². The van der Waals surface area contributed by atoms with E-state index in [1.54, 1.807) is 12.2 Å². The highest BCUT2D eigenvalue weighted by atomic mass is 31.2. The quantitative estimate of drug-likeness (QED) is 0.0135. The number of aliphatic hydroxyl groups excluding tert-OH is 4. The van der Waals surface area contributed by atoms with E-state index in [2.05, 4.69) is 71.5 Å². The Morgan fingerprint density at radius 1 is 0.662 bits per heavy atom. The number of esters is 2. The summed E-state index contributed by atoms with van der Waals surface area (Å²) in [6.07, 6.45) is 27.0. The maximum absolute atomic E-state index is 12.9. The topological polar surface area (TPSA) is 273 Å². The number of phosphoric ester groups is 2. The monoisotopic (exact) mass is 964 g/mol. The molecule has 1 aliphatic carbocycles. The van der Waals surface area contributed by atoms with Gasteiger partial charge in [0.25, 0.3) is 0 Å². The van der Waals surface area contributed by atoms with Gasteiger partial charge in [-0.05, 0) is 64.2 Å². The van der Waals surface area contributed by atoms with Crippen LogP contribution in [0.4, 0.5) is 0 Å². The van der Waals surface area contributed by atoms with Gasteiger partial charge >= 0.3 is 27.6 Å². The van der Waals surface area contributed by atoms with Gasteiger partial charge in [-0.1, -0.05) is 107 Å². The fraction of sp³-hybridized carbons (Fsp3) is 0.717. The first-order valence-electron chi connectivity index (χ1n) is 23.2. The molecule has 19 heteroatoms. The Balaban J connectivity index is 2.59. The van der Waals surface area contributed by atoms with Gasteiger partial charge < -0.3 is 44.6 Å². The fourth-order valence-corrected chi connectivity index (χ4v) is 7.96. The smallest absolute Gasteiger partial charge is 0.462 e. The number of carbonyl (C=O) groups is 3. The molecule has 1 rings (SSSR count). The summed E-state index contributed by atoms with van der Waals surface area (Å²) < 4.78 is 47.7. The Kier molecular flexibility index (Phi) is 33.8. The van der Waals surface area contributed by atoms with Gasteiger partial charge in [-0.2, -0.15) is 0 Å². The SMILES string of the molecule is CC/C=C\C/C=C\C/C=C\C/C=C\CCCCCCC(=O)O[C@H](COC(=O)CCCCC(=O)C[C@@H]1[C@@H](/C=C/[C@@H](O)CCCCC)[C@H](O)C[C@@H]1O)COP(=O)(O)OC[C@@H](O)COP(=O)(O)O. The van der Waals surface area contributed by atoms with Crippen LogP contribution < -0.4 is 0 Å². The van der Waals surface area contributed by atoms with E-state index in [0.717, 1.165) is 70.6 Å². The molecule has 1 aliphatic rings. The first-order chi connectivity index (χ1) is 31.0. The van der Waals surface area contributed by atoms with Crippen LogP contribution in [0.5, 0.6) is 0 Å². The van der Waals surface area contributed by atoms with Gasteiger partial charge in [0.15, 0.2) is 6.10 Å². The zero-order valence-electron chi connectivity index (χ0n) is 38.4. The van der Waals surface area contributed by atoms with Crippen LogP contribution >= 0.6 is 15.6 Å². The van der Waals surface area contributed by atoms with Gasteiger partial charge in [-0.25, -0.2) is 9.13 Å². The third kappa shape index (κ3) is 33.5. The summed E-state index contributed by atoms with van der Waals surface area (Å²) in [5, 5.41) is 41.1. The van der Waals surface area contributed by atoms with Crippen molar-refractivity contribution in [3.05, 3.63) is 60.8 Å². The molecule has 374 valence electrons. The maximum atomic E-state index is 12.9. The number of phosphoric acid groups is 2. The number of hydrogen-bond acceptors (Lipinski definition) is 14. The van der Waals surface area contributed by atoms with Crippen molar-refractivity contribution in [2.75, 3.05) is 26.4 Å². The highest BCUT2D eigenvalue weighted by Gasteiger charge is 2.41. The van der Waals surface area contributed by atoms with Gasteiger partial charge in [0, 0.05) is 43.9 Å². The first kappa shape index (κ1) is 60.4. The van der Waals surface area contributed by atoms with Crippen molar-refractivity contribution < 1.29 is 81.7 Å². The predicted molar refractivity (Wildman–Crippen MR) is 246 cm³/mol. The van der Waals surface area contributed by atoms with Crippen LogP contribution in [0.3, 0.4) is 0 Å². The third-order valence-electron chi connectivity index (χ3n) is 10.4. The predicted octanol–water partition coefficient (Wildman–Crippen LogP) is 7.57. The Hall–Kier alpha value is -2.63. The lowest BCUT2D eigenvalue weighted by molar-refractivity contribution is -0.161. The van der Waals surface area contributed by atoms with Gasteiger partial charge in [0.05, 0.1) is 38.1 Å². The van der Waals surface area contributed by atoms with E-state index in [1.165, 1.54) is 0 Å². The zero-order chi connectivity index (χ0) is 48.4. The Morgan fingerprint density at radius 3 is 1.91 bits per heavy atom. The number of allylic oxidation sites excluding steroid dienone is 8. The zero-order valence-corrected chi connectivity index (χ0v) is 40.2. The molecule has 8 atom stereocenters. The fourth-order valence-electron chi connectivity index (χ4n) is 6.80. The molecule has 0 radical (unpaired) electrons. The molecule has 0 aromatic rings. The largest absolute Gasteiger partial charge is 0.472 e. The molecular formula is C46H78O17P2. The van der Waals surface area contributed by atoms with Crippen molar-refractivity contribution in [3.8, 4) is 0 Å². The van der Waals surface area contributed by atoms with Crippen molar-refractivity contribution in [1.82, 2.24) is 0 Å². The van der Waals surface area contributed by atoms with Crippen molar-refractivity contribution >= 4 is 33.4 Å². The number of rotatable bonds is 39. The van der Waals surface area contributed by atoms with E-state index in [0.29, 0.717) is 19.3 Å². The lowest BCUT2D eigenvalue weighted by Crippen LogP contribution is -2.30. The van der Waals surface area contributed by atoms with Crippen LogP contribution in [0.2, 0.25) is 0 Å². The molecule has 0 heterocycles. The summed E-state index contributed by atoms with van der Waals surface area (Å²) in [7, 11) is -9.83. The number of unbranched alkanes of at least 4 members (excludes halogenated alkanes) is 7. The molecule has 65 heavy (non-hydrogen) atoms. The van der Waals surface area contributed by atoms with E-state index in [4.69, 9.17) is 23.8 Å². The molecule has 0 spiro atoms. The molecular weight excluding hydrogens is 886 g/mol. The van der Waals surface area contributed by atoms with E-state index in [-0.39, 0.29) is 44.3 Å². The average Bonchev–Trinajstić information content (AvgIpc) is 3.51. The third-order valence-corrected chi connectivity index (χ3v) is 11.8. The van der Waals surface area contributed by atoms with Crippen molar-refractivity contribution in [3.63, 3.8) is 0 Å². The lowest BCUT2D eigenvalue weighted by Gasteiger charge is -2.21. The van der Waals surface area contributed by atoms with Crippen LogP contribution in [0.1, 0.15) is 142 Å². The lowest BCUT2D eigenvalue weighted by atomic mass is 9.87. The van der Waals surface area contributed by atoms with Crippen LogP contribution in [-0.2, 0) is 46.6 Å². The van der Waals surface area contributed by atoms with Gasteiger partial charge in [0.1, 0.15) is 18.5 Å². The number of Topliss-reactive ketones (excluding diaryl/α,β-unsaturated/α-hetero) is 1. The molecule has 7 N–H and O–H groups in total. The van der Waals surface area contributed by atoms with Crippen molar-refractivity contribution in [1.29, 1.82) is 0 Å². The minimum atomic E-state index is -4.92. The minimum absolute atomic E-state index is 0.0242. The summed E-state index contributed by atoms with van der Waals surface area (Å²) >= 11 is 0. The first-order valence-corrected chi connectivity index (χ1v) is 26.2. The van der Waals surface area contributed by atoms with Crippen LogP contribution in [0.15, 0.2) is 60.8 Å². The Bertz CT molecular complexity index is 1560. The molecule has 1 saturated carbocycles. The Morgan fingerprint density at radius 2 is 1.25 bits per heavy atom. The second-order valence-electron chi connectivity index (χ2n) is 16.3. The summed E-state index contributed by atoms with van der Waals surface area (Å²) in [5.41, 5.74) is 0. The molecule has 0 amide bonds. The highest BCUT2D eigenvalue weighted by Crippen LogP contribution is 2.44. The van der Waals surface area contributed by atoms with Crippen molar-refractivity contribution in [2.24, 2.45) is 11.8 Å². The summed E-state index contributed by atoms with van der Waals surface area (Å²) in [5.74, 6) is -2.48. The molecule has 0 bridgehead atoms. The highest BCUT2D eigenvalue weighted by molar-refractivity contribution is 7.47. The van der Waals surface area contributed by atoms with E-state index >= 15 is 0 Å². The van der Waals surface area contributed by atoms with Crippen LogP contribution in [0.25, 0.3) is 0 Å². The Labute approximate surface area is 385 Å². The van der Waals surface area contributed by atoms with Crippen molar-refractivity contribution in [2.45, 2.75) is 173 Å². The second-order valence-corrected chi connectivity index (χ2v) is 19.0. The number of aliphatic hydroxyl groups is 4. The van der Waals surface area contributed by atoms with E-state index in [1.807, 2.05) is 0 Å². The molecule has 0 saturated heterocycles. The minimum Gasteiger partial charge on any atom is -0.462 e. The van der Waals surface area contributed by atoms with E-state index < -0.39 is 96.4 Å². The normalized spacial score (nSPS) is 20.6. The molecule has 0 aliphatic heterocycles. The number of carbonyl (C=O) groups excluding carboxylic acids is 3. The number of hydrogen-bond donors (Lipinski definition) is 7. The maximum Gasteiger partial charge on any atom is 0.472 e. The van der Waals surface area contributed by atoms with Gasteiger partial charge in [-0.3, -0.25) is 28.0 Å². The molecule has 0 aromatic carbocycles. The number of ketones is 1. The molecule has 1 unspecified atom stereocenters. The van der Waals surface area contributed by atoms with Crippen LogP contribution in [-0.4, -0.2) is 110 Å². The summed E-state index contributed by atoms with van der Waals surface area (Å²) in [6.45, 7) is 1.08. The molecule has 17 nitrogen and oxygen atoms in total.